The third kappa shape index (κ3) is 4.21. The number of amides is 1. The number of benzene rings is 1. The van der Waals surface area contributed by atoms with Gasteiger partial charge in [-0.3, -0.25) is 14.5 Å². The molecule has 3 aliphatic rings. The topological polar surface area (TPSA) is 69.6 Å². The number of hydrogen-bond donors (Lipinski definition) is 2. The summed E-state index contributed by atoms with van der Waals surface area (Å²) >= 11 is 6.03. The van der Waals surface area contributed by atoms with E-state index in [0.717, 1.165) is 31.4 Å². The molecule has 3 fully saturated rings. The minimum Gasteiger partial charge on any atom is -0.480 e. The van der Waals surface area contributed by atoms with E-state index in [-0.39, 0.29) is 30.3 Å². The Balaban J connectivity index is 1.23. The highest BCUT2D eigenvalue weighted by Crippen LogP contribution is 2.48. The van der Waals surface area contributed by atoms with E-state index in [2.05, 4.69) is 10.2 Å². The van der Waals surface area contributed by atoms with Gasteiger partial charge in [0, 0.05) is 29.6 Å². The van der Waals surface area contributed by atoms with Crippen LogP contribution >= 0.6 is 11.6 Å². The molecule has 3 saturated carbocycles. The first-order valence-electron chi connectivity index (χ1n) is 9.51. The van der Waals surface area contributed by atoms with Gasteiger partial charge in [-0.1, -0.05) is 23.7 Å². The highest BCUT2D eigenvalue weighted by Gasteiger charge is 2.46. The minimum absolute atomic E-state index is 0.0501. The van der Waals surface area contributed by atoms with Crippen molar-refractivity contribution in [2.24, 2.45) is 11.8 Å². The molecule has 3 aliphatic carbocycles. The summed E-state index contributed by atoms with van der Waals surface area (Å²) < 4.78 is 0. The van der Waals surface area contributed by atoms with E-state index in [1.54, 1.807) is 0 Å². The second-order valence-electron chi connectivity index (χ2n) is 8.10. The number of nitrogens with zero attached hydrogens (tertiary/aromatic N) is 1. The quantitative estimate of drug-likeness (QED) is 0.732. The first-order valence-corrected chi connectivity index (χ1v) is 9.89. The Morgan fingerprint density at radius 1 is 1.23 bits per heavy atom. The second-order valence-corrected chi connectivity index (χ2v) is 8.54. The van der Waals surface area contributed by atoms with Crippen molar-refractivity contribution in [2.45, 2.75) is 50.1 Å². The largest absolute Gasteiger partial charge is 0.480 e. The van der Waals surface area contributed by atoms with Crippen molar-refractivity contribution in [2.75, 3.05) is 13.1 Å². The molecule has 140 valence electrons. The van der Waals surface area contributed by atoms with E-state index in [9.17, 15) is 9.59 Å². The summed E-state index contributed by atoms with van der Waals surface area (Å²) in [4.78, 5) is 25.6. The van der Waals surface area contributed by atoms with Gasteiger partial charge in [0.1, 0.15) is 0 Å². The van der Waals surface area contributed by atoms with Gasteiger partial charge in [0.15, 0.2) is 0 Å². The SMILES string of the molecule is O=C(O)CN(CC1CC1)C1CC(NC(=O)C2CC2c2cccc(Cl)c2)C1. The molecule has 2 unspecified atom stereocenters. The molecule has 26 heavy (non-hydrogen) atoms. The molecule has 1 aromatic carbocycles. The number of carbonyl (C=O) groups excluding carboxylic acids is 1. The second kappa shape index (κ2) is 7.20. The Hall–Kier alpha value is -1.59. The van der Waals surface area contributed by atoms with Crippen LogP contribution in [0.3, 0.4) is 0 Å². The molecule has 6 heteroatoms. The first-order chi connectivity index (χ1) is 12.5. The van der Waals surface area contributed by atoms with Crippen LogP contribution in [0.4, 0.5) is 0 Å². The summed E-state index contributed by atoms with van der Waals surface area (Å²) in [6.45, 7) is 0.998. The molecule has 0 saturated heterocycles. The molecule has 0 aliphatic heterocycles. The average molecular weight is 377 g/mol. The lowest BCUT2D eigenvalue weighted by Crippen LogP contribution is -2.55. The van der Waals surface area contributed by atoms with E-state index >= 15 is 0 Å². The normalized spacial score (nSPS) is 29.9. The van der Waals surface area contributed by atoms with Crippen LogP contribution < -0.4 is 5.32 Å². The van der Waals surface area contributed by atoms with Gasteiger partial charge >= 0.3 is 5.97 Å². The Morgan fingerprint density at radius 3 is 2.65 bits per heavy atom. The lowest BCUT2D eigenvalue weighted by molar-refractivity contribution is -0.140. The first kappa shape index (κ1) is 17.8. The summed E-state index contributed by atoms with van der Waals surface area (Å²) in [5.74, 6) is 0.371. The van der Waals surface area contributed by atoms with E-state index in [1.165, 1.54) is 12.8 Å². The molecule has 1 aromatic rings. The van der Waals surface area contributed by atoms with Crippen LogP contribution in [0.15, 0.2) is 24.3 Å². The van der Waals surface area contributed by atoms with Crippen molar-refractivity contribution in [1.29, 1.82) is 0 Å². The van der Waals surface area contributed by atoms with Crippen LogP contribution in [0.1, 0.15) is 43.6 Å². The minimum atomic E-state index is -0.763. The van der Waals surface area contributed by atoms with Gasteiger partial charge in [0.05, 0.1) is 6.54 Å². The lowest BCUT2D eigenvalue weighted by atomic mass is 9.85. The molecule has 0 bridgehead atoms. The lowest BCUT2D eigenvalue weighted by Gasteiger charge is -2.42. The molecule has 4 rings (SSSR count). The van der Waals surface area contributed by atoms with Gasteiger partial charge in [-0.25, -0.2) is 0 Å². The number of nitrogens with one attached hydrogen (secondary N) is 1. The maximum atomic E-state index is 12.5. The molecular weight excluding hydrogens is 352 g/mol. The summed E-state index contributed by atoms with van der Waals surface area (Å²) in [6, 6.07) is 8.23. The fourth-order valence-corrected chi connectivity index (χ4v) is 4.25. The Labute approximate surface area is 158 Å². The van der Waals surface area contributed by atoms with Crippen molar-refractivity contribution in [3.8, 4) is 0 Å². The van der Waals surface area contributed by atoms with Crippen LogP contribution in [-0.2, 0) is 9.59 Å². The predicted octanol–water partition coefficient (Wildman–Crippen LogP) is 2.89. The van der Waals surface area contributed by atoms with Crippen LogP contribution in [0.25, 0.3) is 0 Å². The van der Waals surface area contributed by atoms with Gasteiger partial charge in [-0.2, -0.15) is 0 Å². The van der Waals surface area contributed by atoms with Crippen LogP contribution in [0.2, 0.25) is 5.02 Å². The number of hydrogen-bond acceptors (Lipinski definition) is 3. The molecule has 0 spiro atoms. The number of carboxylic acid groups (broad SMARTS) is 1. The maximum Gasteiger partial charge on any atom is 0.317 e. The number of rotatable bonds is 8. The van der Waals surface area contributed by atoms with Crippen LogP contribution in [0.5, 0.6) is 0 Å². The number of halogens is 1. The predicted molar refractivity (Wildman–Crippen MR) is 99.2 cm³/mol. The van der Waals surface area contributed by atoms with Crippen LogP contribution in [-0.4, -0.2) is 47.1 Å². The summed E-state index contributed by atoms with van der Waals surface area (Å²) in [5.41, 5.74) is 1.14. The highest BCUT2D eigenvalue weighted by molar-refractivity contribution is 6.30. The van der Waals surface area contributed by atoms with E-state index in [0.29, 0.717) is 17.0 Å². The summed E-state index contributed by atoms with van der Waals surface area (Å²) in [6.07, 6.45) is 5.04. The molecule has 1 amide bonds. The van der Waals surface area contributed by atoms with Gasteiger partial charge in [0.25, 0.3) is 0 Å². The third-order valence-corrected chi connectivity index (χ3v) is 6.14. The number of carbonyl (C=O) groups is 2. The zero-order chi connectivity index (χ0) is 18.3. The molecule has 5 nitrogen and oxygen atoms in total. The van der Waals surface area contributed by atoms with Gasteiger partial charge < -0.3 is 10.4 Å². The molecular formula is C20H25ClN2O3. The standard InChI is InChI=1S/C20H25ClN2O3/c21-14-3-1-2-13(6-14)17-9-18(17)20(26)22-15-7-16(8-15)23(11-19(24)25)10-12-4-5-12/h1-3,6,12,15-18H,4-5,7-11H2,(H,22,26)(H,24,25). The number of aliphatic carboxylic acids is 1. The zero-order valence-electron chi connectivity index (χ0n) is 14.7. The van der Waals surface area contributed by atoms with Gasteiger partial charge in [-0.05, 0) is 61.6 Å². The fraction of sp³-hybridized carbons (Fsp3) is 0.600. The zero-order valence-corrected chi connectivity index (χ0v) is 15.5. The molecule has 2 atom stereocenters. The van der Waals surface area contributed by atoms with E-state index in [1.807, 2.05) is 24.3 Å². The van der Waals surface area contributed by atoms with Gasteiger partial charge in [-0.15, -0.1) is 0 Å². The van der Waals surface area contributed by atoms with Crippen molar-refractivity contribution in [3.05, 3.63) is 34.9 Å². The van der Waals surface area contributed by atoms with Crippen molar-refractivity contribution >= 4 is 23.5 Å². The monoisotopic (exact) mass is 376 g/mol. The third-order valence-electron chi connectivity index (χ3n) is 5.91. The fourth-order valence-electron chi connectivity index (χ4n) is 4.05. The van der Waals surface area contributed by atoms with Crippen molar-refractivity contribution in [3.63, 3.8) is 0 Å². The number of carboxylic acids is 1. The van der Waals surface area contributed by atoms with Crippen LogP contribution in [0, 0.1) is 11.8 Å². The van der Waals surface area contributed by atoms with Crippen molar-refractivity contribution in [1.82, 2.24) is 10.2 Å². The van der Waals surface area contributed by atoms with Gasteiger partial charge in [0.2, 0.25) is 5.91 Å². The Morgan fingerprint density at radius 2 is 2.00 bits per heavy atom. The maximum absolute atomic E-state index is 12.5. The summed E-state index contributed by atoms with van der Waals surface area (Å²) in [7, 11) is 0. The molecule has 0 aromatic heterocycles. The molecule has 0 heterocycles. The average Bonchev–Trinajstić information content (AvgIpc) is 3.42. The van der Waals surface area contributed by atoms with E-state index < -0.39 is 5.97 Å². The smallest absolute Gasteiger partial charge is 0.317 e. The Bertz CT molecular complexity index is 700. The Kier molecular flexibility index (Phi) is 4.93. The molecule has 2 N–H and O–H groups in total. The van der Waals surface area contributed by atoms with Crippen molar-refractivity contribution < 1.29 is 14.7 Å². The highest BCUT2D eigenvalue weighted by atomic mass is 35.5. The molecule has 0 radical (unpaired) electrons. The van der Waals surface area contributed by atoms with E-state index in [4.69, 9.17) is 16.7 Å². The summed E-state index contributed by atoms with van der Waals surface area (Å²) in [5, 5.41) is 13.0.